The van der Waals surface area contributed by atoms with Crippen molar-refractivity contribution in [2.45, 2.75) is 46.6 Å². The second kappa shape index (κ2) is 9.77. The van der Waals surface area contributed by atoms with E-state index in [1.165, 1.54) is 17.2 Å². The zero-order valence-corrected chi connectivity index (χ0v) is 17.8. The molecule has 2 heterocycles. The van der Waals surface area contributed by atoms with Crippen molar-refractivity contribution in [1.29, 1.82) is 0 Å². The molecular weight excluding hydrogens is 351 g/mol. The van der Waals surface area contributed by atoms with Gasteiger partial charge in [0.25, 0.3) is 0 Å². The predicted molar refractivity (Wildman–Crippen MR) is 115 cm³/mol. The topological polar surface area (TPSA) is 40.2 Å². The van der Waals surface area contributed by atoms with Gasteiger partial charge in [-0.25, -0.2) is 4.39 Å². The van der Waals surface area contributed by atoms with Crippen LogP contribution in [0.3, 0.4) is 0 Å². The molecule has 1 aromatic heterocycles. The van der Waals surface area contributed by atoms with Crippen molar-refractivity contribution >= 4 is 10.9 Å². The van der Waals surface area contributed by atoms with E-state index >= 15 is 0 Å². The van der Waals surface area contributed by atoms with Gasteiger partial charge in [-0.2, -0.15) is 0 Å². The van der Waals surface area contributed by atoms with E-state index < -0.39 is 0 Å². The van der Waals surface area contributed by atoms with E-state index in [-0.39, 0.29) is 11.9 Å². The maximum Gasteiger partial charge on any atom is 0.123 e. The first-order valence-corrected chi connectivity index (χ1v) is 10.8. The van der Waals surface area contributed by atoms with Crippen LogP contribution >= 0.6 is 0 Å². The highest BCUT2D eigenvalue weighted by Crippen LogP contribution is 2.36. The Morgan fingerprint density at radius 3 is 2.61 bits per heavy atom. The number of likely N-dealkylation sites (N-methyl/N-ethyl adjacent to an activating group) is 1. The Morgan fingerprint density at radius 2 is 1.93 bits per heavy atom. The van der Waals surface area contributed by atoms with E-state index in [9.17, 15) is 4.39 Å². The lowest BCUT2D eigenvalue weighted by atomic mass is 9.82. The average molecular weight is 387 g/mol. The molecule has 4 nitrogen and oxygen atoms in total. The third-order valence-corrected chi connectivity index (χ3v) is 6.34. The molecule has 1 unspecified atom stereocenters. The predicted octanol–water partition coefficient (Wildman–Crippen LogP) is 3.96. The number of nitrogens with one attached hydrogen (secondary N) is 2. The summed E-state index contributed by atoms with van der Waals surface area (Å²) >= 11 is 0. The molecule has 1 atom stereocenters. The fourth-order valence-corrected chi connectivity index (χ4v) is 4.48. The third-order valence-electron chi connectivity index (χ3n) is 6.34. The van der Waals surface area contributed by atoms with Gasteiger partial charge < -0.3 is 15.5 Å². The van der Waals surface area contributed by atoms with Gasteiger partial charge in [-0.05, 0) is 88.1 Å². The molecule has 154 valence electrons. The molecule has 28 heavy (non-hydrogen) atoms. The summed E-state index contributed by atoms with van der Waals surface area (Å²) < 4.78 is 14.1. The van der Waals surface area contributed by atoms with Gasteiger partial charge in [0.1, 0.15) is 5.82 Å². The molecular formula is C23H35FN4. The number of nitrogens with zero attached hydrogens (tertiary/aromatic N) is 2. The Labute approximate surface area is 168 Å². The molecule has 0 saturated carbocycles. The molecule has 0 spiro atoms. The van der Waals surface area contributed by atoms with Gasteiger partial charge in [0.2, 0.25) is 0 Å². The molecule has 1 saturated heterocycles. The number of aromatic nitrogens is 1. The van der Waals surface area contributed by atoms with Crippen molar-refractivity contribution in [3.05, 3.63) is 40.8 Å². The van der Waals surface area contributed by atoms with Gasteiger partial charge in [-0.3, -0.25) is 4.98 Å². The number of hydrogen-bond acceptors (Lipinski definition) is 4. The van der Waals surface area contributed by atoms with Crippen molar-refractivity contribution in [1.82, 2.24) is 20.5 Å². The molecule has 1 aliphatic rings. The Bertz CT molecular complexity index is 782. The normalized spacial score (nSPS) is 16.8. The summed E-state index contributed by atoms with van der Waals surface area (Å²) in [5.74, 6) is 0.357. The minimum Gasteiger partial charge on any atom is -0.317 e. The van der Waals surface area contributed by atoms with Gasteiger partial charge >= 0.3 is 0 Å². The monoisotopic (exact) mass is 386 g/mol. The van der Waals surface area contributed by atoms with E-state index in [1.807, 2.05) is 6.07 Å². The third kappa shape index (κ3) is 4.70. The summed E-state index contributed by atoms with van der Waals surface area (Å²) in [6, 6.07) is 5.23. The van der Waals surface area contributed by atoms with Crippen LogP contribution in [0.2, 0.25) is 0 Å². The van der Waals surface area contributed by atoms with Gasteiger partial charge in [0.05, 0.1) is 5.52 Å². The van der Waals surface area contributed by atoms with Crippen molar-refractivity contribution in [2.75, 3.05) is 39.3 Å². The lowest BCUT2D eigenvalue weighted by Crippen LogP contribution is -2.40. The van der Waals surface area contributed by atoms with Crippen LogP contribution in [0.5, 0.6) is 0 Å². The maximum atomic E-state index is 14.1. The van der Waals surface area contributed by atoms with Crippen LogP contribution < -0.4 is 10.6 Å². The number of benzene rings is 1. The summed E-state index contributed by atoms with van der Waals surface area (Å²) in [6.45, 7) is 14.8. The molecule has 1 aromatic carbocycles. The van der Waals surface area contributed by atoms with Gasteiger partial charge in [-0.1, -0.05) is 13.8 Å². The highest BCUT2D eigenvalue weighted by molar-refractivity contribution is 5.84. The first kappa shape index (κ1) is 21.2. The summed E-state index contributed by atoms with van der Waals surface area (Å²) in [7, 11) is 0. The minimum atomic E-state index is -0.189. The van der Waals surface area contributed by atoms with Crippen LogP contribution in [0.1, 0.15) is 49.6 Å². The van der Waals surface area contributed by atoms with E-state index in [1.54, 1.807) is 6.07 Å². The summed E-state index contributed by atoms with van der Waals surface area (Å²) in [5.41, 5.74) is 4.37. The summed E-state index contributed by atoms with van der Waals surface area (Å²) in [6.07, 6.45) is 2.28. The molecule has 2 N–H and O–H groups in total. The van der Waals surface area contributed by atoms with Crippen molar-refractivity contribution in [3.63, 3.8) is 0 Å². The van der Waals surface area contributed by atoms with Crippen LogP contribution in [0.25, 0.3) is 10.9 Å². The smallest absolute Gasteiger partial charge is 0.123 e. The number of aryl methyl sites for hydroxylation is 1. The first-order chi connectivity index (χ1) is 13.5. The molecule has 0 amide bonds. The first-order valence-electron chi connectivity index (χ1n) is 10.8. The maximum absolute atomic E-state index is 14.1. The molecule has 5 heteroatoms. The summed E-state index contributed by atoms with van der Waals surface area (Å²) in [4.78, 5) is 7.16. The number of halogens is 1. The zero-order chi connectivity index (χ0) is 20.1. The number of rotatable bonds is 8. The van der Waals surface area contributed by atoms with Crippen LogP contribution in [-0.4, -0.2) is 49.2 Å². The van der Waals surface area contributed by atoms with E-state index in [0.29, 0.717) is 5.92 Å². The second-order valence-electron chi connectivity index (χ2n) is 7.94. The Kier molecular flexibility index (Phi) is 7.38. The molecule has 1 fully saturated rings. The second-order valence-corrected chi connectivity index (χ2v) is 7.94. The Balaban J connectivity index is 1.99. The van der Waals surface area contributed by atoms with E-state index in [2.05, 4.69) is 43.2 Å². The van der Waals surface area contributed by atoms with Gasteiger partial charge in [0, 0.05) is 30.2 Å². The molecule has 0 radical (unpaired) electrons. The van der Waals surface area contributed by atoms with Gasteiger partial charge in [0.15, 0.2) is 0 Å². The molecule has 2 aromatic rings. The van der Waals surface area contributed by atoms with Crippen molar-refractivity contribution in [2.24, 2.45) is 5.92 Å². The zero-order valence-electron chi connectivity index (χ0n) is 17.8. The van der Waals surface area contributed by atoms with Crippen LogP contribution in [-0.2, 0) is 0 Å². The number of fused-ring (bicyclic) bond motifs is 1. The average Bonchev–Trinajstić information content (AvgIpc) is 2.71. The van der Waals surface area contributed by atoms with Crippen LogP contribution in [0, 0.1) is 25.6 Å². The number of pyridine rings is 1. The highest BCUT2D eigenvalue weighted by atomic mass is 19.1. The minimum absolute atomic E-state index is 0.189. The fraction of sp³-hybridized carbons (Fsp3) is 0.609. The number of hydrogen-bond donors (Lipinski definition) is 2. The molecule has 0 bridgehead atoms. The molecule has 3 rings (SSSR count). The van der Waals surface area contributed by atoms with Crippen LogP contribution in [0.15, 0.2) is 18.2 Å². The Morgan fingerprint density at radius 1 is 1.21 bits per heavy atom. The number of piperidine rings is 1. The summed E-state index contributed by atoms with van der Waals surface area (Å²) in [5, 5.41) is 8.30. The Hall–Kier alpha value is -1.56. The SMILES string of the molecule is CCN(CC)CCNC(c1c(C)c(C)nc2ccc(F)cc12)C1CCNCC1. The largest absolute Gasteiger partial charge is 0.317 e. The molecule has 0 aliphatic carbocycles. The highest BCUT2D eigenvalue weighted by Gasteiger charge is 2.28. The van der Waals surface area contributed by atoms with E-state index in [4.69, 9.17) is 4.98 Å². The van der Waals surface area contributed by atoms with Gasteiger partial charge in [-0.15, -0.1) is 0 Å². The van der Waals surface area contributed by atoms with Crippen molar-refractivity contribution < 1.29 is 4.39 Å². The lowest BCUT2D eigenvalue weighted by Gasteiger charge is -2.34. The van der Waals surface area contributed by atoms with Crippen LogP contribution in [0.4, 0.5) is 4.39 Å². The quantitative estimate of drug-likeness (QED) is 0.720. The van der Waals surface area contributed by atoms with Crippen molar-refractivity contribution in [3.8, 4) is 0 Å². The standard InChI is InChI=1S/C23H35FN4/c1-5-28(6-2)14-13-26-23(18-9-11-25-12-10-18)22-16(3)17(4)27-21-8-7-19(24)15-20(21)22/h7-8,15,18,23,25-26H,5-6,9-14H2,1-4H3. The molecule has 1 aliphatic heterocycles. The lowest BCUT2D eigenvalue weighted by molar-refractivity contribution is 0.256. The fourth-order valence-electron chi connectivity index (χ4n) is 4.48. The van der Waals surface area contributed by atoms with E-state index in [0.717, 1.165) is 68.7 Å².